The second-order valence-corrected chi connectivity index (χ2v) is 3.61. The molecule has 0 radical (unpaired) electrons. The highest BCUT2D eigenvalue weighted by Gasteiger charge is 2.32. The molecule has 0 spiro atoms. The molecule has 1 heterocycles. The lowest BCUT2D eigenvalue weighted by atomic mass is 9.90. The lowest BCUT2D eigenvalue weighted by molar-refractivity contribution is -0.120. The zero-order chi connectivity index (χ0) is 9.26. The molecule has 0 aromatic heterocycles. The van der Waals surface area contributed by atoms with Crippen LogP contribution in [0.4, 0.5) is 0 Å². The van der Waals surface area contributed by atoms with Gasteiger partial charge < -0.3 is 5.32 Å². The summed E-state index contributed by atoms with van der Waals surface area (Å²) in [6, 6.07) is 9.97. The first-order valence-corrected chi connectivity index (χ1v) is 4.61. The van der Waals surface area contributed by atoms with E-state index >= 15 is 0 Å². The van der Waals surface area contributed by atoms with Gasteiger partial charge in [-0.1, -0.05) is 37.3 Å². The van der Waals surface area contributed by atoms with Crippen LogP contribution in [0.5, 0.6) is 0 Å². The molecule has 1 N–H and O–H groups in total. The predicted molar refractivity (Wildman–Crippen MR) is 51.4 cm³/mol. The van der Waals surface area contributed by atoms with Crippen LogP contribution < -0.4 is 5.32 Å². The van der Waals surface area contributed by atoms with Gasteiger partial charge in [-0.2, -0.15) is 0 Å². The van der Waals surface area contributed by atoms with Crippen LogP contribution in [-0.4, -0.2) is 12.5 Å². The van der Waals surface area contributed by atoms with E-state index in [2.05, 4.69) is 12.2 Å². The summed E-state index contributed by atoms with van der Waals surface area (Å²) in [5, 5.41) is 2.88. The highest BCUT2D eigenvalue weighted by molar-refractivity contribution is 5.86. The van der Waals surface area contributed by atoms with Crippen molar-refractivity contribution < 1.29 is 4.79 Å². The van der Waals surface area contributed by atoms with Crippen molar-refractivity contribution in [3.63, 3.8) is 0 Å². The van der Waals surface area contributed by atoms with Gasteiger partial charge in [0, 0.05) is 6.54 Å². The average Bonchev–Trinajstić information content (AvgIpc) is 2.48. The van der Waals surface area contributed by atoms with Crippen LogP contribution in [0.3, 0.4) is 0 Å². The van der Waals surface area contributed by atoms with Gasteiger partial charge in [-0.05, 0) is 11.5 Å². The van der Waals surface area contributed by atoms with Crippen molar-refractivity contribution in [1.82, 2.24) is 5.32 Å². The lowest BCUT2D eigenvalue weighted by Gasteiger charge is -2.11. The number of carbonyl (C=O) groups is 1. The number of benzene rings is 1. The third-order valence-electron chi connectivity index (χ3n) is 2.61. The van der Waals surface area contributed by atoms with Crippen molar-refractivity contribution in [2.45, 2.75) is 12.8 Å². The molecule has 1 aliphatic rings. The Morgan fingerprint density at radius 2 is 2.00 bits per heavy atom. The summed E-state index contributed by atoms with van der Waals surface area (Å²) < 4.78 is 0. The van der Waals surface area contributed by atoms with E-state index in [-0.39, 0.29) is 11.8 Å². The monoisotopic (exact) mass is 175 g/mol. The molecule has 1 aliphatic heterocycles. The van der Waals surface area contributed by atoms with Gasteiger partial charge in [-0.15, -0.1) is 0 Å². The molecule has 1 saturated heterocycles. The molecule has 0 aliphatic carbocycles. The fourth-order valence-electron chi connectivity index (χ4n) is 1.89. The lowest BCUT2D eigenvalue weighted by Crippen LogP contribution is -2.17. The number of hydrogen-bond donors (Lipinski definition) is 1. The summed E-state index contributed by atoms with van der Waals surface area (Å²) in [6.45, 7) is 2.91. The van der Waals surface area contributed by atoms with E-state index in [9.17, 15) is 4.79 Å². The number of amides is 1. The van der Waals surface area contributed by atoms with Crippen LogP contribution in [0, 0.1) is 5.92 Å². The van der Waals surface area contributed by atoms with Crippen molar-refractivity contribution in [2.24, 2.45) is 5.92 Å². The maximum absolute atomic E-state index is 11.5. The van der Waals surface area contributed by atoms with E-state index < -0.39 is 0 Å². The van der Waals surface area contributed by atoms with E-state index in [1.807, 2.05) is 30.3 Å². The van der Waals surface area contributed by atoms with E-state index in [0.29, 0.717) is 5.92 Å². The predicted octanol–water partition coefficient (Wildman–Crippen LogP) is 1.54. The van der Waals surface area contributed by atoms with Crippen molar-refractivity contribution >= 4 is 5.91 Å². The zero-order valence-electron chi connectivity index (χ0n) is 7.66. The van der Waals surface area contributed by atoms with Gasteiger partial charge in [-0.3, -0.25) is 4.79 Å². The SMILES string of the molecule is C[C@@H]1CNC(=O)[C@@H]1c1ccccc1. The highest BCUT2D eigenvalue weighted by Crippen LogP contribution is 2.28. The molecule has 1 amide bonds. The Balaban J connectivity index is 2.30. The van der Waals surface area contributed by atoms with E-state index in [0.717, 1.165) is 12.1 Å². The summed E-state index contributed by atoms with van der Waals surface area (Å²) in [5.41, 5.74) is 1.13. The van der Waals surface area contributed by atoms with Crippen LogP contribution in [-0.2, 0) is 4.79 Å². The van der Waals surface area contributed by atoms with Crippen LogP contribution in [0.25, 0.3) is 0 Å². The summed E-state index contributed by atoms with van der Waals surface area (Å²) in [5.74, 6) is 0.634. The quantitative estimate of drug-likeness (QED) is 0.689. The third kappa shape index (κ3) is 1.44. The standard InChI is InChI=1S/C11H13NO/c1-8-7-12-11(13)10(8)9-5-3-2-4-6-9/h2-6,8,10H,7H2,1H3,(H,12,13)/t8-,10+/m1/s1. The Bertz CT molecular complexity index is 307. The van der Waals surface area contributed by atoms with Crippen molar-refractivity contribution in [2.75, 3.05) is 6.54 Å². The second kappa shape index (κ2) is 3.21. The Kier molecular flexibility index (Phi) is 2.05. The van der Waals surface area contributed by atoms with Crippen molar-refractivity contribution in [3.8, 4) is 0 Å². The maximum Gasteiger partial charge on any atom is 0.227 e. The fourth-order valence-corrected chi connectivity index (χ4v) is 1.89. The first-order chi connectivity index (χ1) is 6.29. The number of hydrogen-bond acceptors (Lipinski definition) is 1. The smallest absolute Gasteiger partial charge is 0.227 e. The summed E-state index contributed by atoms with van der Waals surface area (Å²) in [4.78, 5) is 11.5. The van der Waals surface area contributed by atoms with Gasteiger partial charge in [0.1, 0.15) is 0 Å². The van der Waals surface area contributed by atoms with Gasteiger partial charge >= 0.3 is 0 Å². The molecule has 2 atom stereocenters. The molecule has 0 unspecified atom stereocenters. The molecule has 1 aromatic rings. The average molecular weight is 175 g/mol. The molecule has 0 bridgehead atoms. The van der Waals surface area contributed by atoms with Gasteiger partial charge in [0.25, 0.3) is 0 Å². The van der Waals surface area contributed by atoms with Gasteiger partial charge in [0.2, 0.25) is 5.91 Å². The largest absolute Gasteiger partial charge is 0.355 e. The Labute approximate surface area is 78.0 Å². The summed E-state index contributed by atoms with van der Waals surface area (Å²) in [7, 11) is 0. The Hall–Kier alpha value is -1.31. The van der Waals surface area contributed by atoms with Gasteiger partial charge in [0.05, 0.1) is 5.92 Å². The first kappa shape index (κ1) is 8.30. The molecule has 2 nitrogen and oxygen atoms in total. The van der Waals surface area contributed by atoms with E-state index in [4.69, 9.17) is 0 Å². The zero-order valence-corrected chi connectivity index (χ0v) is 7.66. The molecule has 2 rings (SSSR count). The van der Waals surface area contributed by atoms with Gasteiger partial charge in [-0.25, -0.2) is 0 Å². The third-order valence-corrected chi connectivity index (χ3v) is 2.61. The minimum atomic E-state index is 0.0567. The summed E-state index contributed by atoms with van der Waals surface area (Å²) >= 11 is 0. The van der Waals surface area contributed by atoms with Crippen molar-refractivity contribution in [1.29, 1.82) is 0 Å². The molecule has 13 heavy (non-hydrogen) atoms. The highest BCUT2D eigenvalue weighted by atomic mass is 16.2. The van der Waals surface area contributed by atoms with Crippen LogP contribution in [0.2, 0.25) is 0 Å². The fraction of sp³-hybridized carbons (Fsp3) is 0.364. The minimum absolute atomic E-state index is 0.0567. The van der Waals surface area contributed by atoms with Crippen LogP contribution in [0.15, 0.2) is 30.3 Å². The van der Waals surface area contributed by atoms with E-state index in [1.165, 1.54) is 0 Å². The van der Waals surface area contributed by atoms with Crippen LogP contribution in [0.1, 0.15) is 18.4 Å². The Morgan fingerprint density at radius 1 is 1.31 bits per heavy atom. The second-order valence-electron chi connectivity index (χ2n) is 3.61. The molecular formula is C11H13NO. The number of carbonyl (C=O) groups excluding carboxylic acids is 1. The number of rotatable bonds is 1. The molecule has 1 fully saturated rings. The minimum Gasteiger partial charge on any atom is -0.355 e. The normalized spacial score (nSPS) is 27.3. The molecule has 0 saturated carbocycles. The maximum atomic E-state index is 11.5. The summed E-state index contributed by atoms with van der Waals surface area (Å²) in [6.07, 6.45) is 0. The topological polar surface area (TPSA) is 29.1 Å². The van der Waals surface area contributed by atoms with Crippen molar-refractivity contribution in [3.05, 3.63) is 35.9 Å². The number of nitrogens with one attached hydrogen (secondary N) is 1. The molecular weight excluding hydrogens is 162 g/mol. The van der Waals surface area contributed by atoms with Crippen LogP contribution >= 0.6 is 0 Å². The molecule has 1 aromatic carbocycles. The first-order valence-electron chi connectivity index (χ1n) is 4.61. The van der Waals surface area contributed by atoms with E-state index in [1.54, 1.807) is 0 Å². The molecule has 2 heteroatoms. The Morgan fingerprint density at radius 3 is 2.54 bits per heavy atom. The van der Waals surface area contributed by atoms with Gasteiger partial charge in [0.15, 0.2) is 0 Å². The molecule has 68 valence electrons.